The van der Waals surface area contributed by atoms with E-state index >= 15 is 0 Å². The number of benzene rings is 3. The molecule has 0 aliphatic carbocycles. The van der Waals surface area contributed by atoms with E-state index in [9.17, 15) is 69.3 Å². The largest absolute Gasteiger partial charge is 1.00 e. The summed E-state index contributed by atoms with van der Waals surface area (Å²) in [4.78, 5) is 63.2. The zero-order valence-electron chi connectivity index (χ0n) is 30.8. The fourth-order valence-corrected chi connectivity index (χ4v) is 7.96. The summed E-state index contributed by atoms with van der Waals surface area (Å²) in [6, 6.07) is 18.3. The molecule has 0 fully saturated rings. The number of unbranched alkanes of at least 4 members (excludes halogenated alkanes) is 1. The summed E-state index contributed by atoms with van der Waals surface area (Å²) >= 11 is 5.27. The van der Waals surface area contributed by atoms with Gasteiger partial charge in [0.1, 0.15) is 20.3 Å². The number of carboxylic acid groups (broad SMARTS) is 3. The number of carbonyl (C=O) groups is 6. The third-order valence-electron chi connectivity index (χ3n) is 6.74. The van der Waals surface area contributed by atoms with Gasteiger partial charge in [-0.25, -0.2) is 39.4 Å². The van der Waals surface area contributed by atoms with E-state index in [1.807, 2.05) is 14.2 Å². The fraction of sp³-hybridized carbons (Fsp3) is 0.226. The maximum Gasteiger partial charge on any atom is 1.00 e. The van der Waals surface area contributed by atoms with Crippen LogP contribution in [0.3, 0.4) is 0 Å². The summed E-state index contributed by atoms with van der Waals surface area (Å²) in [6.45, 7) is 0.271. The number of amides is 3. The molecule has 0 saturated carbocycles. The van der Waals surface area contributed by atoms with Crippen molar-refractivity contribution in [3.8, 4) is 0 Å². The molecule has 3 aliphatic rings. The maximum atomic E-state index is 11.1. The van der Waals surface area contributed by atoms with Gasteiger partial charge in [-0.05, 0) is 49.2 Å². The number of carbonyl (C=O) groups excluding carboxylic acids is 6. The molecule has 0 radical (unpaired) electrons. The van der Waals surface area contributed by atoms with Crippen LogP contribution < -0.4 is 118 Å². The second-order valence-corrected chi connectivity index (χ2v) is 16.2. The van der Waals surface area contributed by atoms with Crippen LogP contribution in [0, 0.1) is 0 Å². The van der Waals surface area contributed by atoms with Gasteiger partial charge < -0.3 is 39.9 Å². The van der Waals surface area contributed by atoms with E-state index in [1.54, 1.807) is 36.4 Å². The van der Waals surface area contributed by atoms with Crippen LogP contribution in [0.25, 0.3) is 0 Å². The quantitative estimate of drug-likeness (QED) is 0.0796. The number of nitrogens with one attached hydrogen (secondary N) is 3. The molecule has 0 saturated heterocycles. The molecule has 0 aromatic heterocycles. The first kappa shape index (κ1) is 57.6. The standard InChI is InChI=1S/3C7H5NO3S.C6H8O7.C4H9ClO.3Na/c3*9-7-5-3-1-2-4-6(5)12(10,11)8-7;7-3(8)1-6(13,5(11)12)2-4(9)10;5-3-1-2-4-6;;;/h3*1-4H,(H,8,9);13H,1-2H2,(H,7,8)(H,9,10)(H,11,12);6H,1-4H2;;;/q;;;;;3*+1/p-3. The number of fused-ring (bicyclic) bond motifs is 3. The van der Waals surface area contributed by atoms with Gasteiger partial charge in [0.15, 0.2) is 0 Å². The minimum absolute atomic E-state index is 0. The number of hydrogen-bond donors (Lipinski definition) is 5. The third-order valence-corrected chi connectivity index (χ3v) is 11.2. The average Bonchev–Trinajstić information content (AvgIpc) is 3.59. The molecule has 3 heterocycles. The van der Waals surface area contributed by atoms with Gasteiger partial charge in [0.2, 0.25) is 0 Å². The SMILES string of the molecule is O=C([O-])CC(O)(CC(=O)[O-])C(=O)[O-].O=C1NS(=O)(=O)c2ccccc21.O=C1NS(=O)(=O)c2ccccc21.O=C1NS(=O)(=O)c2ccccc21.OCCCCCl.[Na+].[Na+].[Na+]. The Labute approximate surface area is 403 Å². The molecular weight excluding hydrogens is 887 g/mol. The van der Waals surface area contributed by atoms with Gasteiger partial charge in [-0.15, -0.1) is 11.6 Å². The summed E-state index contributed by atoms with van der Waals surface area (Å²) in [6.07, 6.45) is -0.950. The second kappa shape index (κ2) is 25.3. The smallest absolute Gasteiger partial charge is 0.550 e. The molecule has 3 amide bonds. The summed E-state index contributed by atoms with van der Waals surface area (Å²) < 4.78 is 72.5. The number of aliphatic hydroxyl groups is 2. The van der Waals surface area contributed by atoms with Crippen molar-refractivity contribution in [1.82, 2.24) is 14.2 Å². The second-order valence-electron chi connectivity index (χ2n) is 10.8. The van der Waals surface area contributed by atoms with E-state index in [0.717, 1.165) is 12.8 Å². The van der Waals surface area contributed by atoms with Crippen LogP contribution >= 0.6 is 11.6 Å². The first-order valence-electron chi connectivity index (χ1n) is 15.0. The van der Waals surface area contributed by atoms with Crippen LogP contribution in [-0.2, 0) is 44.5 Å². The van der Waals surface area contributed by atoms with Gasteiger partial charge in [-0.2, -0.15) is 0 Å². The topological polar surface area (TPSA) is 351 Å². The Kier molecular flexibility index (Phi) is 25.2. The summed E-state index contributed by atoms with van der Waals surface area (Å²) in [7, 11) is -10.7. The summed E-state index contributed by atoms with van der Waals surface area (Å²) in [5, 5.41) is 47.1. The average molecular weight is 916 g/mol. The van der Waals surface area contributed by atoms with E-state index < -0.39 is 84.1 Å². The van der Waals surface area contributed by atoms with Crippen molar-refractivity contribution in [1.29, 1.82) is 0 Å². The van der Waals surface area contributed by atoms with Crippen LogP contribution in [0.2, 0.25) is 0 Å². The normalized spacial score (nSPS) is 14.8. The van der Waals surface area contributed by atoms with Crippen LogP contribution in [0.15, 0.2) is 87.5 Å². The van der Waals surface area contributed by atoms with Crippen molar-refractivity contribution < 1.29 is 168 Å². The zero-order chi connectivity index (χ0) is 41.8. The van der Waals surface area contributed by atoms with E-state index in [2.05, 4.69) is 0 Å². The number of halogens is 1. The van der Waals surface area contributed by atoms with Crippen LogP contribution in [-0.4, -0.2) is 89.2 Å². The third kappa shape index (κ3) is 16.5. The molecule has 3 aromatic carbocycles. The van der Waals surface area contributed by atoms with Gasteiger partial charge in [-0.1, -0.05) is 36.4 Å². The molecule has 0 bridgehead atoms. The first-order chi connectivity index (χ1) is 25.5. The molecule has 5 N–H and O–H groups in total. The van der Waals surface area contributed by atoms with Crippen molar-refractivity contribution in [3.05, 3.63) is 89.5 Å². The Balaban J connectivity index is 0. The van der Waals surface area contributed by atoms with Gasteiger partial charge in [0.05, 0.1) is 22.7 Å². The number of aliphatic carboxylic acids is 3. The molecule has 27 heteroatoms. The van der Waals surface area contributed by atoms with Crippen LogP contribution in [0.5, 0.6) is 0 Å². The van der Waals surface area contributed by atoms with E-state index in [1.165, 1.54) is 36.4 Å². The van der Waals surface area contributed by atoms with Crippen LogP contribution in [0.4, 0.5) is 0 Å². The number of hydrogen-bond acceptors (Lipinski definition) is 17. The van der Waals surface area contributed by atoms with Gasteiger partial charge in [0, 0.05) is 37.3 Å². The van der Waals surface area contributed by atoms with E-state index in [4.69, 9.17) is 21.8 Å². The molecular formula is C31H29ClN3Na3O17S3. The van der Waals surface area contributed by atoms with Crippen molar-refractivity contribution in [2.45, 2.75) is 46.0 Å². The number of alkyl halides is 1. The fourth-order valence-electron chi connectivity index (χ4n) is 4.25. The molecule has 6 rings (SSSR count). The molecule has 0 atom stereocenters. The molecule has 3 aliphatic heterocycles. The van der Waals surface area contributed by atoms with Gasteiger partial charge in [0.25, 0.3) is 47.8 Å². The molecule has 298 valence electrons. The molecule has 0 unspecified atom stereocenters. The molecule has 20 nitrogen and oxygen atoms in total. The minimum atomic E-state index is -3.55. The van der Waals surface area contributed by atoms with E-state index in [-0.39, 0.29) is 127 Å². The van der Waals surface area contributed by atoms with Gasteiger partial charge in [-0.3, -0.25) is 14.4 Å². The van der Waals surface area contributed by atoms with Gasteiger partial charge >= 0.3 is 88.7 Å². The molecule has 0 spiro atoms. The Hall–Kier alpha value is -2.46. The Morgan fingerprint density at radius 1 is 0.569 bits per heavy atom. The summed E-state index contributed by atoms with van der Waals surface area (Å²) in [5.74, 6) is -6.97. The van der Waals surface area contributed by atoms with Crippen molar-refractivity contribution in [2.24, 2.45) is 0 Å². The number of aliphatic hydroxyl groups excluding tert-OH is 1. The first-order valence-corrected chi connectivity index (χ1v) is 20.0. The Morgan fingerprint density at radius 3 is 1.03 bits per heavy atom. The van der Waals surface area contributed by atoms with E-state index in [0.29, 0.717) is 5.88 Å². The predicted molar refractivity (Wildman–Crippen MR) is 180 cm³/mol. The number of sulfonamides is 3. The number of carboxylic acids is 3. The minimum Gasteiger partial charge on any atom is -0.550 e. The van der Waals surface area contributed by atoms with Crippen molar-refractivity contribution >= 4 is 77.3 Å². The Morgan fingerprint density at radius 2 is 0.845 bits per heavy atom. The monoisotopic (exact) mass is 915 g/mol. The number of rotatable bonds is 8. The molecule has 3 aromatic rings. The Bertz CT molecular complexity index is 2090. The maximum absolute atomic E-state index is 11.1. The van der Waals surface area contributed by atoms with Crippen molar-refractivity contribution in [3.63, 3.8) is 0 Å². The predicted octanol–water partition coefficient (Wildman–Crippen LogP) is -12.9. The van der Waals surface area contributed by atoms with Crippen molar-refractivity contribution in [2.75, 3.05) is 12.5 Å². The summed E-state index contributed by atoms with van der Waals surface area (Å²) in [5.41, 5.74) is -2.31. The zero-order valence-corrected chi connectivity index (χ0v) is 40.0. The molecule has 58 heavy (non-hydrogen) atoms. The van der Waals surface area contributed by atoms with Crippen LogP contribution in [0.1, 0.15) is 56.8 Å².